The lowest BCUT2D eigenvalue weighted by Gasteiger charge is -2.19. The fraction of sp³-hybridized carbons (Fsp3) is 0.417. The summed E-state index contributed by atoms with van der Waals surface area (Å²) in [6, 6.07) is 5.10. The Balaban J connectivity index is 2.77. The van der Waals surface area contributed by atoms with E-state index in [2.05, 4.69) is 38.7 Å². The fourth-order valence-corrected chi connectivity index (χ4v) is 1.53. The van der Waals surface area contributed by atoms with Gasteiger partial charge in [-0.05, 0) is 23.6 Å². The number of carbonyl (C=O) groups excluding carboxylic acids is 1. The minimum atomic E-state index is -0.157. The lowest BCUT2D eigenvalue weighted by molar-refractivity contribution is 0.0939. The Morgan fingerprint density at radius 3 is 2.62 bits per heavy atom. The van der Waals surface area contributed by atoms with Crippen LogP contribution in [0, 0.1) is 5.41 Å². The van der Waals surface area contributed by atoms with Crippen LogP contribution in [0.25, 0.3) is 0 Å². The average molecular weight is 258 g/mol. The zero-order valence-corrected chi connectivity index (χ0v) is 11.3. The van der Waals surface area contributed by atoms with Crippen LogP contribution in [0.5, 0.6) is 0 Å². The van der Waals surface area contributed by atoms with E-state index in [0.29, 0.717) is 17.1 Å². The first kappa shape index (κ1) is 13.4. The van der Waals surface area contributed by atoms with Gasteiger partial charge in [0.15, 0.2) is 0 Å². The second kappa shape index (κ2) is 5.11. The molecule has 0 spiro atoms. The zero-order chi connectivity index (χ0) is 12.3. The van der Waals surface area contributed by atoms with Crippen LogP contribution in [0.1, 0.15) is 31.1 Å². The van der Waals surface area contributed by atoms with Gasteiger partial charge in [-0.2, -0.15) is 0 Å². The fourth-order valence-electron chi connectivity index (χ4n) is 1.13. The van der Waals surface area contributed by atoms with E-state index >= 15 is 0 Å². The highest BCUT2D eigenvalue weighted by Crippen LogP contribution is 2.20. The number of thiol groups is 1. The second-order valence-corrected chi connectivity index (χ2v) is 5.83. The molecule has 0 fully saturated rings. The maximum Gasteiger partial charge on any atom is 0.252 e. The number of carbonyl (C=O) groups is 1. The molecule has 0 aliphatic heterocycles. The monoisotopic (exact) mass is 257 g/mol. The summed E-state index contributed by atoms with van der Waals surface area (Å²) in [4.78, 5) is 12.6. The SMILES string of the molecule is CC(C)(C)CNC(=O)c1cc(S)ccc1Cl. The maximum atomic E-state index is 11.8. The highest BCUT2D eigenvalue weighted by atomic mass is 35.5. The Bertz CT molecular complexity index is 398. The molecule has 0 unspecified atom stereocenters. The standard InChI is InChI=1S/C12H16ClNOS/c1-12(2,3)7-14-11(15)9-6-8(16)4-5-10(9)13/h4-6,16H,7H2,1-3H3,(H,14,15). The summed E-state index contributed by atoms with van der Waals surface area (Å²) in [5.74, 6) is -0.157. The Morgan fingerprint density at radius 2 is 2.06 bits per heavy atom. The van der Waals surface area contributed by atoms with Crippen LogP contribution in [-0.2, 0) is 0 Å². The molecule has 0 bridgehead atoms. The molecule has 1 aromatic carbocycles. The molecule has 0 saturated carbocycles. The van der Waals surface area contributed by atoms with Crippen molar-refractivity contribution in [3.63, 3.8) is 0 Å². The first-order chi connectivity index (χ1) is 7.29. The molecule has 1 aromatic rings. The number of rotatable bonds is 2. The van der Waals surface area contributed by atoms with Crippen molar-refractivity contribution < 1.29 is 4.79 Å². The van der Waals surface area contributed by atoms with Gasteiger partial charge in [0.2, 0.25) is 0 Å². The summed E-state index contributed by atoms with van der Waals surface area (Å²) in [6.07, 6.45) is 0. The van der Waals surface area contributed by atoms with Crippen LogP contribution in [0.15, 0.2) is 23.1 Å². The van der Waals surface area contributed by atoms with E-state index in [0.717, 1.165) is 4.90 Å². The van der Waals surface area contributed by atoms with E-state index in [4.69, 9.17) is 11.6 Å². The molecule has 16 heavy (non-hydrogen) atoms. The number of benzene rings is 1. The predicted octanol–water partition coefficient (Wildman–Crippen LogP) is 3.40. The van der Waals surface area contributed by atoms with Gasteiger partial charge >= 0.3 is 0 Å². The topological polar surface area (TPSA) is 29.1 Å². The maximum absolute atomic E-state index is 11.8. The van der Waals surface area contributed by atoms with Gasteiger partial charge in [0.05, 0.1) is 10.6 Å². The molecule has 0 radical (unpaired) electrons. The minimum Gasteiger partial charge on any atom is -0.351 e. The highest BCUT2D eigenvalue weighted by molar-refractivity contribution is 7.80. The second-order valence-electron chi connectivity index (χ2n) is 4.91. The summed E-state index contributed by atoms with van der Waals surface area (Å²) < 4.78 is 0. The van der Waals surface area contributed by atoms with Crippen molar-refractivity contribution in [3.05, 3.63) is 28.8 Å². The van der Waals surface area contributed by atoms with Crippen molar-refractivity contribution in [2.75, 3.05) is 6.54 Å². The number of hydrogen-bond donors (Lipinski definition) is 2. The molecular weight excluding hydrogens is 242 g/mol. The lowest BCUT2D eigenvalue weighted by atomic mass is 9.97. The first-order valence-corrected chi connectivity index (χ1v) is 5.89. The van der Waals surface area contributed by atoms with Crippen LogP contribution in [-0.4, -0.2) is 12.5 Å². The normalized spacial score (nSPS) is 11.3. The van der Waals surface area contributed by atoms with Crippen molar-refractivity contribution in [2.45, 2.75) is 25.7 Å². The van der Waals surface area contributed by atoms with Crippen LogP contribution >= 0.6 is 24.2 Å². The van der Waals surface area contributed by atoms with E-state index in [-0.39, 0.29) is 11.3 Å². The molecule has 0 saturated heterocycles. The largest absolute Gasteiger partial charge is 0.351 e. The average Bonchev–Trinajstić information content (AvgIpc) is 2.17. The molecule has 0 aliphatic carbocycles. The molecule has 4 heteroatoms. The smallest absolute Gasteiger partial charge is 0.252 e. The Morgan fingerprint density at radius 1 is 1.44 bits per heavy atom. The van der Waals surface area contributed by atoms with E-state index in [1.165, 1.54) is 0 Å². The molecule has 2 nitrogen and oxygen atoms in total. The third-order valence-electron chi connectivity index (χ3n) is 1.97. The third-order valence-corrected chi connectivity index (χ3v) is 2.58. The predicted molar refractivity (Wildman–Crippen MR) is 70.5 cm³/mol. The van der Waals surface area contributed by atoms with Gasteiger partial charge in [-0.15, -0.1) is 12.6 Å². The Labute approximate surface area is 107 Å². The summed E-state index contributed by atoms with van der Waals surface area (Å²) >= 11 is 10.1. The molecule has 0 aliphatic rings. The quantitative estimate of drug-likeness (QED) is 0.782. The molecule has 88 valence electrons. The summed E-state index contributed by atoms with van der Waals surface area (Å²) in [5, 5.41) is 3.30. The van der Waals surface area contributed by atoms with Gasteiger partial charge in [0.25, 0.3) is 5.91 Å². The Hall–Kier alpha value is -0.670. The molecular formula is C12H16ClNOS. The van der Waals surface area contributed by atoms with Crippen LogP contribution in [0.2, 0.25) is 5.02 Å². The summed E-state index contributed by atoms with van der Waals surface area (Å²) in [7, 11) is 0. The summed E-state index contributed by atoms with van der Waals surface area (Å²) in [6.45, 7) is 6.79. The van der Waals surface area contributed by atoms with Crippen LogP contribution in [0.3, 0.4) is 0 Å². The lowest BCUT2D eigenvalue weighted by Crippen LogP contribution is -2.32. The van der Waals surface area contributed by atoms with Crippen molar-refractivity contribution >= 4 is 30.1 Å². The van der Waals surface area contributed by atoms with E-state index in [1.54, 1.807) is 18.2 Å². The van der Waals surface area contributed by atoms with Crippen molar-refractivity contribution in [1.29, 1.82) is 0 Å². The van der Waals surface area contributed by atoms with E-state index in [9.17, 15) is 4.79 Å². The van der Waals surface area contributed by atoms with Crippen LogP contribution in [0.4, 0.5) is 0 Å². The summed E-state index contributed by atoms with van der Waals surface area (Å²) in [5.41, 5.74) is 0.527. The van der Waals surface area contributed by atoms with Gasteiger partial charge in [-0.1, -0.05) is 32.4 Å². The number of hydrogen-bond acceptors (Lipinski definition) is 2. The molecule has 0 aromatic heterocycles. The van der Waals surface area contributed by atoms with Gasteiger partial charge in [0.1, 0.15) is 0 Å². The van der Waals surface area contributed by atoms with Crippen LogP contribution < -0.4 is 5.32 Å². The number of amides is 1. The molecule has 0 atom stereocenters. The van der Waals surface area contributed by atoms with Crippen molar-refractivity contribution in [2.24, 2.45) is 5.41 Å². The molecule has 1 N–H and O–H groups in total. The number of nitrogens with one attached hydrogen (secondary N) is 1. The van der Waals surface area contributed by atoms with E-state index in [1.807, 2.05) is 0 Å². The highest BCUT2D eigenvalue weighted by Gasteiger charge is 2.15. The Kier molecular flexibility index (Phi) is 4.28. The van der Waals surface area contributed by atoms with Gasteiger partial charge in [-0.3, -0.25) is 4.79 Å². The zero-order valence-electron chi connectivity index (χ0n) is 9.67. The van der Waals surface area contributed by atoms with E-state index < -0.39 is 0 Å². The van der Waals surface area contributed by atoms with Gasteiger partial charge in [-0.25, -0.2) is 0 Å². The first-order valence-electron chi connectivity index (χ1n) is 5.06. The molecule has 0 heterocycles. The third kappa shape index (κ3) is 4.06. The minimum absolute atomic E-state index is 0.0563. The van der Waals surface area contributed by atoms with Crippen molar-refractivity contribution in [3.8, 4) is 0 Å². The van der Waals surface area contributed by atoms with Gasteiger partial charge < -0.3 is 5.32 Å². The van der Waals surface area contributed by atoms with Gasteiger partial charge in [0, 0.05) is 11.4 Å². The number of halogens is 1. The molecule has 1 rings (SSSR count). The molecule has 1 amide bonds. The van der Waals surface area contributed by atoms with Crippen molar-refractivity contribution in [1.82, 2.24) is 5.32 Å².